The van der Waals surface area contributed by atoms with Crippen molar-refractivity contribution in [3.8, 4) is 0 Å². The molecule has 0 bridgehead atoms. The van der Waals surface area contributed by atoms with Crippen molar-refractivity contribution in [3.63, 3.8) is 0 Å². The number of anilines is 2. The minimum absolute atomic E-state index is 0.709. The molecule has 1 saturated heterocycles. The molecule has 1 aromatic carbocycles. The number of aromatic nitrogens is 3. The molecule has 1 fully saturated rings. The van der Waals surface area contributed by atoms with Crippen LogP contribution in [-0.2, 0) is 6.42 Å². The smallest absolute Gasteiger partial charge is 0.224 e. The van der Waals surface area contributed by atoms with Gasteiger partial charge in [0.1, 0.15) is 5.82 Å². The van der Waals surface area contributed by atoms with Crippen molar-refractivity contribution in [2.45, 2.75) is 13.3 Å². The van der Waals surface area contributed by atoms with Gasteiger partial charge in [0.05, 0.1) is 0 Å². The van der Waals surface area contributed by atoms with Crippen LogP contribution in [0.3, 0.4) is 0 Å². The summed E-state index contributed by atoms with van der Waals surface area (Å²) in [4.78, 5) is 17.2. The average Bonchev–Trinajstić information content (AvgIpc) is 3.12. The molecule has 0 atom stereocenters. The van der Waals surface area contributed by atoms with Crippen molar-refractivity contribution >= 4 is 22.7 Å². The quantitative estimate of drug-likeness (QED) is 0.716. The summed E-state index contributed by atoms with van der Waals surface area (Å²) in [6.07, 6.45) is 4.88. The fraction of sp³-hybridized carbons (Fsp3) is 0.400. The van der Waals surface area contributed by atoms with E-state index < -0.39 is 0 Å². The number of aromatic amines is 1. The first-order chi connectivity index (χ1) is 12.8. The first kappa shape index (κ1) is 16.8. The number of hydrogen-bond acceptors (Lipinski definition) is 5. The van der Waals surface area contributed by atoms with Crippen molar-refractivity contribution in [1.82, 2.24) is 19.9 Å². The van der Waals surface area contributed by atoms with Gasteiger partial charge < -0.3 is 20.1 Å². The molecule has 26 heavy (non-hydrogen) atoms. The summed E-state index contributed by atoms with van der Waals surface area (Å²) in [6.45, 7) is 8.41. The van der Waals surface area contributed by atoms with Gasteiger partial charge in [-0.25, -0.2) is 4.98 Å². The average molecular weight is 350 g/mol. The van der Waals surface area contributed by atoms with E-state index in [1.165, 1.54) is 16.5 Å². The molecule has 0 saturated carbocycles. The van der Waals surface area contributed by atoms with Gasteiger partial charge in [0.15, 0.2) is 0 Å². The van der Waals surface area contributed by atoms with Crippen LogP contribution in [0.5, 0.6) is 0 Å². The Hall–Kier alpha value is -2.60. The standard InChI is InChI=1S/C20H26N6/c1-2-25-11-13-26(14-12-25)19-8-10-22-20(24-19)21-9-7-16-15-23-18-6-4-3-5-17(16)18/h3-6,8,10,15,23H,2,7,9,11-14H2,1H3,(H,21,22,24). The third kappa shape index (κ3) is 3.65. The number of H-pyrrole nitrogens is 1. The first-order valence-electron chi connectivity index (χ1n) is 9.42. The fourth-order valence-corrected chi connectivity index (χ4v) is 3.55. The van der Waals surface area contributed by atoms with Gasteiger partial charge in [-0.15, -0.1) is 0 Å². The largest absolute Gasteiger partial charge is 0.361 e. The second-order valence-electron chi connectivity index (χ2n) is 6.70. The fourth-order valence-electron chi connectivity index (χ4n) is 3.55. The zero-order valence-electron chi connectivity index (χ0n) is 15.3. The SMILES string of the molecule is CCN1CCN(c2ccnc(NCCc3c[nH]c4ccccc34)n2)CC1. The highest BCUT2D eigenvalue weighted by Gasteiger charge is 2.17. The monoisotopic (exact) mass is 350 g/mol. The summed E-state index contributed by atoms with van der Waals surface area (Å²) < 4.78 is 0. The van der Waals surface area contributed by atoms with Gasteiger partial charge in [-0.05, 0) is 30.7 Å². The Labute approximate surface area is 154 Å². The van der Waals surface area contributed by atoms with Gasteiger partial charge in [-0.2, -0.15) is 4.98 Å². The van der Waals surface area contributed by atoms with E-state index in [-0.39, 0.29) is 0 Å². The van der Waals surface area contributed by atoms with Crippen molar-refractivity contribution in [2.24, 2.45) is 0 Å². The van der Waals surface area contributed by atoms with Crippen LogP contribution in [0, 0.1) is 0 Å². The third-order valence-corrected chi connectivity index (χ3v) is 5.14. The Morgan fingerprint density at radius 1 is 1.12 bits per heavy atom. The van der Waals surface area contributed by atoms with Crippen LogP contribution < -0.4 is 10.2 Å². The maximum absolute atomic E-state index is 4.71. The summed E-state index contributed by atoms with van der Waals surface area (Å²) in [5.74, 6) is 1.73. The van der Waals surface area contributed by atoms with Crippen molar-refractivity contribution in [1.29, 1.82) is 0 Å². The molecule has 1 aliphatic rings. The maximum atomic E-state index is 4.71. The number of fused-ring (bicyclic) bond motifs is 1. The summed E-state index contributed by atoms with van der Waals surface area (Å²) in [7, 11) is 0. The zero-order valence-corrected chi connectivity index (χ0v) is 15.3. The molecule has 2 aromatic heterocycles. The number of piperazine rings is 1. The van der Waals surface area contributed by atoms with Gasteiger partial charge in [0.2, 0.25) is 5.95 Å². The Morgan fingerprint density at radius 3 is 2.81 bits per heavy atom. The van der Waals surface area contributed by atoms with Crippen LogP contribution in [0.2, 0.25) is 0 Å². The molecule has 1 aliphatic heterocycles. The molecule has 3 heterocycles. The molecule has 0 aliphatic carbocycles. The van der Waals surface area contributed by atoms with Crippen molar-refractivity contribution in [2.75, 3.05) is 49.5 Å². The van der Waals surface area contributed by atoms with Gasteiger partial charge in [-0.3, -0.25) is 0 Å². The molecule has 6 heteroatoms. The molecule has 3 aromatic rings. The van der Waals surface area contributed by atoms with Crippen LogP contribution in [0.1, 0.15) is 12.5 Å². The molecule has 0 unspecified atom stereocenters. The first-order valence-corrected chi connectivity index (χ1v) is 9.42. The number of likely N-dealkylation sites (N-methyl/N-ethyl adjacent to an activating group) is 1. The highest BCUT2D eigenvalue weighted by molar-refractivity contribution is 5.83. The molecular formula is C20H26N6. The molecule has 0 radical (unpaired) electrons. The second-order valence-corrected chi connectivity index (χ2v) is 6.70. The van der Waals surface area contributed by atoms with Crippen LogP contribution in [-0.4, -0.2) is 59.1 Å². The number of benzene rings is 1. The van der Waals surface area contributed by atoms with Gasteiger partial charge >= 0.3 is 0 Å². The predicted octanol–water partition coefficient (Wildman–Crippen LogP) is 2.75. The molecule has 4 rings (SSSR count). The predicted molar refractivity (Wildman–Crippen MR) is 107 cm³/mol. The minimum atomic E-state index is 0.709. The van der Waals surface area contributed by atoms with Crippen LogP contribution in [0.25, 0.3) is 10.9 Å². The number of nitrogens with one attached hydrogen (secondary N) is 2. The number of hydrogen-bond donors (Lipinski definition) is 2. The summed E-state index contributed by atoms with van der Waals surface area (Å²) in [6, 6.07) is 10.4. The molecular weight excluding hydrogens is 324 g/mol. The lowest BCUT2D eigenvalue weighted by atomic mass is 10.1. The van der Waals surface area contributed by atoms with Gasteiger partial charge in [0, 0.05) is 56.0 Å². The minimum Gasteiger partial charge on any atom is -0.361 e. The lowest BCUT2D eigenvalue weighted by molar-refractivity contribution is 0.270. The maximum Gasteiger partial charge on any atom is 0.224 e. The Bertz CT molecular complexity index is 850. The zero-order chi connectivity index (χ0) is 17.8. The van der Waals surface area contributed by atoms with E-state index in [4.69, 9.17) is 4.98 Å². The molecule has 136 valence electrons. The Morgan fingerprint density at radius 2 is 1.96 bits per heavy atom. The van der Waals surface area contributed by atoms with E-state index in [2.05, 4.69) is 62.5 Å². The van der Waals surface area contributed by atoms with Crippen LogP contribution in [0.15, 0.2) is 42.7 Å². The summed E-state index contributed by atoms with van der Waals surface area (Å²) in [5.41, 5.74) is 2.51. The van der Waals surface area contributed by atoms with Crippen LogP contribution >= 0.6 is 0 Å². The third-order valence-electron chi connectivity index (χ3n) is 5.14. The molecule has 0 spiro atoms. The van der Waals surface area contributed by atoms with E-state index in [0.717, 1.165) is 51.5 Å². The topological polar surface area (TPSA) is 60.1 Å². The Kier molecular flexibility index (Phi) is 5.02. The highest BCUT2D eigenvalue weighted by Crippen LogP contribution is 2.18. The van der Waals surface area contributed by atoms with E-state index in [0.29, 0.717) is 5.95 Å². The normalized spacial score (nSPS) is 15.5. The van der Waals surface area contributed by atoms with Crippen LogP contribution in [0.4, 0.5) is 11.8 Å². The van der Waals surface area contributed by atoms with Gasteiger partial charge in [0.25, 0.3) is 0 Å². The van der Waals surface area contributed by atoms with Gasteiger partial charge in [-0.1, -0.05) is 25.1 Å². The van der Waals surface area contributed by atoms with Crippen molar-refractivity contribution < 1.29 is 0 Å². The van der Waals surface area contributed by atoms with E-state index in [9.17, 15) is 0 Å². The number of rotatable bonds is 6. The van der Waals surface area contributed by atoms with Crippen molar-refractivity contribution in [3.05, 3.63) is 48.3 Å². The molecule has 0 amide bonds. The second kappa shape index (κ2) is 7.74. The highest BCUT2D eigenvalue weighted by atomic mass is 15.3. The number of para-hydroxylation sites is 1. The summed E-state index contributed by atoms with van der Waals surface area (Å²) in [5, 5.41) is 4.66. The lowest BCUT2D eigenvalue weighted by Gasteiger charge is -2.34. The van der Waals surface area contributed by atoms with E-state index in [1.54, 1.807) is 0 Å². The Balaban J connectivity index is 1.35. The summed E-state index contributed by atoms with van der Waals surface area (Å²) >= 11 is 0. The molecule has 6 nitrogen and oxygen atoms in total. The van der Waals surface area contributed by atoms with E-state index in [1.807, 2.05) is 12.3 Å². The number of nitrogens with zero attached hydrogens (tertiary/aromatic N) is 4. The lowest BCUT2D eigenvalue weighted by Crippen LogP contribution is -2.46. The molecule has 2 N–H and O–H groups in total. The van der Waals surface area contributed by atoms with E-state index >= 15 is 0 Å².